The number of aromatic carboxylic acids is 1. The Bertz CT molecular complexity index is 564. The van der Waals surface area contributed by atoms with Crippen molar-refractivity contribution in [1.82, 2.24) is 5.16 Å². The molecule has 0 bridgehead atoms. The zero-order valence-corrected chi connectivity index (χ0v) is 8.81. The van der Waals surface area contributed by atoms with E-state index in [1.54, 1.807) is 0 Å². The minimum absolute atomic E-state index is 0.0360. The van der Waals surface area contributed by atoms with Crippen molar-refractivity contribution in [3.8, 4) is 17.0 Å². The van der Waals surface area contributed by atoms with Crippen LogP contribution in [0.3, 0.4) is 0 Å². The van der Waals surface area contributed by atoms with Crippen LogP contribution in [0.15, 0.2) is 29.0 Å². The first-order valence-corrected chi connectivity index (χ1v) is 4.65. The minimum atomic E-state index is -1.20. The van der Waals surface area contributed by atoms with Gasteiger partial charge in [-0.15, -0.1) is 0 Å². The number of aromatic nitrogens is 1. The Hall–Kier alpha value is -2.37. The fourth-order valence-electron chi connectivity index (χ4n) is 1.49. The second kappa shape index (κ2) is 4.25. The summed E-state index contributed by atoms with van der Waals surface area (Å²) in [5.74, 6) is -1.86. The number of carbonyl (C=O) groups is 1. The highest BCUT2D eigenvalue weighted by Crippen LogP contribution is 2.33. The fourth-order valence-corrected chi connectivity index (χ4v) is 1.49. The number of benzene rings is 1. The first-order chi connectivity index (χ1) is 8.15. The smallest absolute Gasteiger partial charge is 0.341 e. The number of methoxy groups -OCH3 is 1. The third-order valence-corrected chi connectivity index (χ3v) is 2.23. The van der Waals surface area contributed by atoms with Crippen molar-refractivity contribution in [2.75, 3.05) is 7.11 Å². The third kappa shape index (κ3) is 1.84. The zero-order chi connectivity index (χ0) is 12.4. The molecule has 0 radical (unpaired) electrons. The highest BCUT2D eigenvalue weighted by molar-refractivity contribution is 5.95. The number of para-hydroxylation sites is 1. The van der Waals surface area contributed by atoms with Gasteiger partial charge in [-0.3, -0.25) is 0 Å². The molecule has 88 valence electrons. The van der Waals surface area contributed by atoms with Gasteiger partial charge in [0.1, 0.15) is 17.5 Å². The largest absolute Gasteiger partial charge is 0.493 e. The second-order valence-corrected chi connectivity index (χ2v) is 3.20. The van der Waals surface area contributed by atoms with Gasteiger partial charge in [0, 0.05) is 5.56 Å². The number of ether oxygens (including phenoxy) is 1. The van der Waals surface area contributed by atoms with Crippen molar-refractivity contribution in [2.45, 2.75) is 0 Å². The van der Waals surface area contributed by atoms with Gasteiger partial charge in [0.05, 0.1) is 7.11 Å². The Morgan fingerprint density at radius 2 is 2.29 bits per heavy atom. The number of rotatable bonds is 3. The van der Waals surface area contributed by atoms with E-state index in [0.29, 0.717) is 0 Å². The maximum Gasteiger partial charge on any atom is 0.341 e. The SMILES string of the molecule is COc1c(F)cccc1-c1nocc1C(=O)O. The number of hydrogen-bond donors (Lipinski definition) is 1. The lowest BCUT2D eigenvalue weighted by atomic mass is 10.1. The topological polar surface area (TPSA) is 72.6 Å². The lowest BCUT2D eigenvalue weighted by molar-refractivity contribution is 0.0697. The third-order valence-electron chi connectivity index (χ3n) is 2.23. The molecule has 1 aromatic carbocycles. The van der Waals surface area contributed by atoms with Gasteiger partial charge in [0.25, 0.3) is 0 Å². The van der Waals surface area contributed by atoms with Crippen molar-refractivity contribution < 1.29 is 23.6 Å². The molecule has 0 spiro atoms. The van der Waals surface area contributed by atoms with E-state index in [2.05, 4.69) is 9.68 Å². The molecule has 0 aliphatic rings. The predicted molar refractivity (Wildman–Crippen MR) is 55.4 cm³/mol. The molecule has 1 heterocycles. The summed E-state index contributed by atoms with van der Waals surface area (Å²) in [4.78, 5) is 10.9. The maximum absolute atomic E-state index is 13.4. The summed E-state index contributed by atoms with van der Waals surface area (Å²) in [6.07, 6.45) is 0.988. The normalized spacial score (nSPS) is 10.2. The summed E-state index contributed by atoms with van der Waals surface area (Å²) in [6, 6.07) is 4.16. The van der Waals surface area contributed by atoms with Crippen LogP contribution in [-0.2, 0) is 0 Å². The van der Waals surface area contributed by atoms with Gasteiger partial charge in [-0.05, 0) is 12.1 Å². The first-order valence-electron chi connectivity index (χ1n) is 4.65. The minimum Gasteiger partial charge on any atom is -0.493 e. The molecule has 17 heavy (non-hydrogen) atoms. The van der Waals surface area contributed by atoms with Crippen LogP contribution in [0.5, 0.6) is 5.75 Å². The van der Waals surface area contributed by atoms with Crippen molar-refractivity contribution in [1.29, 1.82) is 0 Å². The standard InChI is InChI=1S/C11H8FNO4/c1-16-10-6(3-2-4-8(10)12)9-7(11(14)15)5-17-13-9/h2-5H,1H3,(H,14,15). The number of halogens is 1. The summed E-state index contributed by atoms with van der Waals surface area (Å²) < 4.78 is 22.9. The van der Waals surface area contributed by atoms with Crippen molar-refractivity contribution >= 4 is 5.97 Å². The number of carboxylic acids is 1. The summed E-state index contributed by atoms with van der Waals surface area (Å²) in [5, 5.41) is 12.5. The van der Waals surface area contributed by atoms with E-state index in [0.717, 1.165) is 6.26 Å². The Kier molecular flexibility index (Phi) is 2.78. The van der Waals surface area contributed by atoms with E-state index in [-0.39, 0.29) is 22.6 Å². The van der Waals surface area contributed by atoms with E-state index in [9.17, 15) is 9.18 Å². The molecule has 0 saturated carbocycles. The van der Waals surface area contributed by atoms with Gasteiger partial charge in [-0.1, -0.05) is 11.2 Å². The van der Waals surface area contributed by atoms with Crippen LogP contribution in [0.1, 0.15) is 10.4 Å². The van der Waals surface area contributed by atoms with E-state index < -0.39 is 11.8 Å². The maximum atomic E-state index is 13.4. The van der Waals surface area contributed by atoms with E-state index in [4.69, 9.17) is 9.84 Å². The Morgan fingerprint density at radius 1 is 1.53 bits per heavy atom. The van der Waals surface area contributed by atoms with Crippen LogP contribution in [0.25, 0.3) is 11.3 Å². The van der Waals surface area contributed by atoms with Crippen LogP contribution in [-0.4, -0.2) is 23.3 Å². The molecule has 1 N–H and O–H groups in total. The van der Waals surface area contributed by atoms with Crippen LogP contribution in [0.2, 0.25) is 0 Å². The molecule has 0 amide bonds. The van der Waals surface area contributed by atoms with Gasteiger partial charge in [0.15, 0.2) is 11.6 Å². The number of carboxylic acid groups (broad SMARTS) is 1. The van der Waals surface area contributed by atoms with E-state index in [1.807, 2.05) is 0 Å². The molecular formula is C11H8FNO4. The lowest BCUT2D eigenvalue weighted by Crippen LogP contribution is -1.99. The Morgan fingerprint density at radius 3 is 2.94 bits per heavy atom. The molecule has 0 aliphatic heterocycles. The van der Waals surface area contributed by atoms with Gasteiger partial charge >= 0.3 is 5.97 Å². The van der Waals surface area contributed by atoms with E-state index in [1.165, 1.54) is 25.3 Å². The molecule has 0 atom stereocenters. The lowest BCUT2D eigenvalue weighted by Gasteiger charge is -2.06. The summed E-state index contributed by atoms with van der Waals surface area (Å²) in [5.41, 5.74) is 0.126. The Balaban J connectivity index is 2.64. The van der Waals surface area contributed by atoms with Gasteiger partial charge in [0.2, 0.25) is 0 Å². The second-order valence-electron chi connectivity index (χ2n) is 3.20. The molecule has 6 heteroatoms. The quantitative estimate of drug-likeness (QED) is 0.885. The summed E-state index contributed by atoms with van der Waals surface area (Å²) in [7, 11) is 1.29. The van der Waals surface area contributed by atoms with Crippen LogP contribution >= 0.6 is 0 Å². The number of nitrogens with zero attached hydrogens (tertiary/aromatic N) is 1. The molecule has 2 rings (SSSR count). The molecule has 1 aromatic heterocycles. The predicted octanol–water partition coefficient (Wildman–Crippen LogP) is 2.19. The summed E-state index contributed by atoms with van der Waals surface area (Å²) in [6.45, 7) is 0. The summed E-state index contributed by atoms with van der Waals surface area (Å²) >= 11 is 0. The molecule has 0 fully saturated rings. The molecule has 5 nitrogen and oxygen atoms in total. The average molecular weight is 237 g/mol. The first kappa shape index (κ1) is 11.1. The number of hydrogen-bond acceptors (Lipinski definition) is 4. The van der Waals surface area contributed by atoms with Crippen LogP contribution in [0, 0.1) is 5.82 Å². The molecule has 0 unspecified atom stereocenters. The molecule has 0 saturated heterocycles. The van der Waals surface area contributed by atoms with Crippen molar-refractivity contribution in [2.24, 2.45) is 0 Å². The van der Waals surface area contributed by atoms with Crippen molar-refractivity contribution in [3.63, 3.8) is 0 Å². The van der Waals surface area contributed by atoms with Gasteiger partial charge < -0.3 is 14.4 Å². The zero-order valence-electron chi connectivity index (χ0n) is 8.81. The monoisotopic (exact) mass is 237 g/mol. The molecular weight excluding hydrogens is 229 g/mol. The van der Waals surface area contributed by atoms with Gasteiger partial charge in [-0.25, -0.2) is 9.18 Å². The van der Waals surface area contributed by atoms with E-state index >= 15 is 0 Å². The highest BCUT2D eigenvalue weighted by atomic mass is 19.1. The van der Waals surface area contributed by atoms with Crippen LogP contribution in [0.4, 0.5) is 4.39 Å². The van der Waals surface area contributed by atoms with Crippen LogP contribution < -0.4 is 4.74 Å². The highest BCUT2D eigenvalue weighted by Gasteiger charge is 2.21. The average Bonchev–Trinajstić information content (AvgIpc) is 2.77. The van der Waals surface area contributed by atoms with Gasteiger partial charge in [-0.2, -0.15) is 0 Å². The van der Waals surface area contributed by atoms with Crippen molar-refractivity contribution in [3.05, 3.63) is 35.8 Å². The fraction of sp³-hybridized carbons (Fsp3) is 0.0909. The molecule has 0 aliphatic carbocycles. The Labute approximate surface area is 95.4 Å². The molecule has 2 aromatic rings.